The van der Waals surface area contributed by atoms with Crippen molar-refractivity contribution in [2.24, 2.45) is 0 Å². The zero-order valence-electron chi connectivity index (χ0n) is 12.9. The number of carbonyl (C=O) groups is 1. The number of rotatable bonds is 6. The average Bonchev–Trinajstić information content (AvgIpc) is 2.55. The van der Waals surface area contributed by atoms with Gasteiger partial charge in [-0.05, 0) is 30.7 Å². The number of hydrogen-bond acceptors (Lipinski definition) is 2. The molecule has 0 saturated carbocycles. The lowest BCUT2D eigenvalue weighted by Crippen LogP contribution is -2.35. The minimum Gasteiger partial charge on any atom is -0.351 e. The van der Waals surface area contributed by atoms with Crippen molar-refractivity contribution in [2.45, 2.75) is 19.5 Å². The predicted molar refractivity (Wildman–Crippen MR) is 91.1 cm³/mol. The zero-order valence-corrected chi connectivity index (χ0v) is 14.4. The van der Waals surface area contributed by atoms with Gasteiger partial charge in [0.2, 0.25) is 5.91 Å². The van der Waals surface area contributed by atoms with Gasteiger partial charge in [0.1, 0.15) is 11.6 Å². The lowest BCUT2D eigenvalue weighted by molar-refractivity contribution is -0.120. The van der Waals surface area contributed by atoms with Crippen LogP contribution in [-0.4, -0.2) is 12.5 Å². The highest BCUT2D eigenvalue weighted by molar-refractivity contribution is 6.35. The molecule has 0 aliphatic heterocycles. The standard InChI is InChI=1S/C17H16Cl2F2N2O/c1-10(12-6-16(21)14(19)7-13(12)18)22-9-17(24)23-8-11-4-2-3-5-15(11)20/h2-7,10,22H,8-9H2,1H3,(H,23,24)/t10-/m1/s1. The molecule has 0 spiro atoms. The van der Waals surface area contributed by atoms with Crippen molar-refractivity contribution in [1.29, 1.82) is 0 Å². The molecule has 1 atom stereocenters. The molecule has 0 radical (unpaired) electrons. The van der Waals surface area contributed by atoms with E-state index in [1.54, 1.807) is 25.1 Å². The molecule has 24 heavy (non-hydrogen) atoms. The first-order chi connectivity index (χ1) is 11.4. The Labute approximate surface area is 149 Å². The number of carbonyl (C=O) groups excluding carboxylic acids is 1. The van der Waals surface area contributed by atoms with E-state index in [0.717, 1.165) is 0 Å². The van der Waals surface area contributed by atoms with E-state index in [-0.39, 0.29) is 35.9 Å². The second-order valence-electron chi connectivity index (χ2n) is 5.26. The van der Waals surface area contributed by atoms with Crippen molar-refractivity contribution in [3.05, 3.63) is 69.2 Å². The van der Waals surface area contributed by atoms with Gasteiger partial charge in [-0.2, -0.15) is 0 Å². The highest BCUT2D eigenvalue weighted by Crippen LogP contribution is 2.28. The normalized spacial score (nSPS) is 12.0. The molecule has 2 N–H and O–H groups in total. The largest absolute Gasteiger partial charge is 0.351 e. The smallest absolute Gasteiger partial charge is 0.234 e. The van der Waals surface area contributed by atoms with E-state index in [2.05, 4.69) is 10.6 Å². The maximum absolute atomic E-state index is 13.5. The van der Waals surface area contributed by atoms with Crippen LogP contribution in [-0.2, 0) is 11.3 Å². The van der Waals surface area contributed by atoms with Gasteiger partial charge >= 0.3 is 0 Å². The first kappa shape index (κ1) is 18.6. The maximum Gasteiger partial charge on any atom is 0.234 e. The van der Waals surface area contributed by atoms with Gasteiger partial charge in [-0.25, -0.2) is 8.78 Å². The summed E-state index contributed by atoms with van der Waals surface area (Å²) in [6.07, 6.45) is 0. The Balaban J connectivity index is 1.87. The highest BCUT2D eigenvalue weighted by atomic mass is 35.5. The summed E-state index contributed by atoms with van der Waals surface area (Å²) in [6, 6.07) is 8.41. The van der Waals surface area contributed by atoms with Crippen LogP contribution >= 0.6 is 23.2 Å². The molecule has 0 aliphatic rings. The van der Waals surface area contributed by atoms with Gasteiger partial charge in [-0.3, -0.25) is 4.79 Å². The lowest BCUT2D eigenvalue weighted by Gasteiger charge is -2.16. The fraction of sp³-hybridized carbons (Fsp3) is 0.235. The Morgan fingerprint density at radius 3 is 2.54 bits per heavy atom. The van der Waals surface area contributed by atoms with Crippen LogP contribution in [0.25, 0.3) is 0 Å². The third-order valence-electron chi connectivity index (χ3n) is 3.51. The molecule has 128 valence electrons. The van der Waals surface area contributed by atoms with E-state index in [1.165, 1.54) is 18.2 Å². The SMILES string of the molecule is C[C@@H](NCC(=O)NCc1ccccc1F)c1cc(F)c(Cl)cc1Cl. The summed E-state index contributed by atoms with van der Waals surface area (Å²) < 4.78 is 27.0. The van der Waals surface area contributed by atoms with E-state index in [4.69, 9.17) is 23.2 Å². The number of amides is 1. The minimum absolute atomic E-state index is 0.0177. The van der Waals surface area contributed by atoms with E-state index < -0.39 is 5.82 Å². The Morgan fingerprint density at radius 1 is 1.12 bits per heavy atom. The van der Waals surface area contributed by atoms with Gasteiger partial charge in [-0.1, -0.05) is 41.4 Å². The number of benzene rings is 2. The summed E-state index contributed by atoms with van der Waals surface area (Å²) in [5.74, 6) is -1.26. The second kappa shape index (κ2) is 8.42. The molecular weight excluding hydrogens is 357 g/mol. The molecule has 2 aromatic carbocycles. The van der Waals surface area contributed by atoms with Gasteiger partial charge in [0, 0.05) is 23.2 Å². The van der Waals surface area contributed by atoms with Gasteiger partial charge in [0.25, 0.3) is 0 Å². The predicted octanol–water partition coefficient (Wildman–Crippen LogP) is 4.24. The second-order valence-corrected chi connectivity index (χ2v) is 6.07. The Hall–Kier alpha value is -1.69. The van der Waals surface area contributed by atoms with Crippen LogP contribution in [0.4, 0.5) is 8.78 Å². The van der Waals surface area contributed by atoms with Crippen LogP contribution in [0.3, 0.4) is 0 Å². The average molecular weight is 373 g/mol. The monoisotopic (exact) mass is 372 g/mol. The van der Waals surface area contributed by atoms with Gasteiger partial charge in [-0.15, -0.1) is 0 Å². The molecule has 0 heterocycles. The molecule has 7 heteroatoms. The molecule has 0 fully saturated rings. The first-order valence-corrected chi connectivity index (χ1v) is 8.02. The van der Waals surface area contributed by atoms with Crippen LogP contribution in [0.2, 0.25) is 10.0 Å². The summed E-state index contributed by atoms with van der Waals surface area (Å²) in [6.45, 7) is 1.83. The molecular formula is C17H16Cl2F2N2O. The van der Waals surface area contributed by atoms with E-state index in [0.29, 0.717) is 16.1 Å². The molecule has 2 rings (SSSR count). The molecule has 0 saturated heterocycles. The summed E-state index contributed by atoms with van der Waals surface area (Å²) in [4.78, 5) is 11.8. The molecule has 3 nitrogen and oxygen atoms in total. The fourth-order valence-corrected chi connectivity index (χ4v) is 2.67. The summed E-state index contributed by atoms with van der Waals surface area (Å²) in [5.41, 5.74) is 0.905. The third-order valence-corrected chi connectivity index (χ3v) is 4.13. The topological polar surface area (TPSA) is 41.1 Å². The zero-order chi connectivity index (χ0) is 17.7. The van der Waals surface area contributed by atoms with Crippen LogP contribution in [0.15, 0.2) is 36.4 Å². The van der Waals surface area contributed by atoms with Crippen molar-refractivity contribution in [2.75, 3.05) is 6.54 Å². The van der Waals surface area contributed by atoms with Gasteiger partial charge in [0.15, 0.2) is 0 Å². The lowest BCUT2D eigenvalue weighted by atomic mass is 10.1. The highest BCUT2D eigenvalue weighted by Gasteiger charge is 2.14. The van der Waals surface area contributed by atoms with Crippen molar-refractivity contribution >= 4 is 29.1 Å². The Bertz CT molecular complexity index is 741. The van der Waals surface area contributed by atoms with Gasteiger partial charge in [0.05, 0.1) is 11.6 Å². The summed E-state index contributed by atoms with van der Waals surface area (Å²) in [5, 5.41) is 5.81. The van der Waals surface area contributed by atoms with Crippen molar-refractivity contribution in [3.63, 3.8) is 0 Å². The van der Waals surface area contributed by atoms with Crippen molar-refractivity contribution in [1.82, 2.24) is 10.6 Å². The number of hydrogen-bond donors (Lipinski definition) is 2. The summed E-state index contributed by atoms with van der Waals surface area (Å²) >= 11 is 11.7. The van der Waals surface area contributed by atoms with E-state index in [1.807, 2.05) is 0 Å². The Kier molecular flexibility index (Phi) is 6.54. The number of nitrogens with one attached hydrogen (secondary N) is 2. The molecule has 0 bridgehead atoms. The quantitative estimate of drug-likeness (QED) is 0.744. The van der Waals surface area contributed by atoms with Crippen molar-refractivity contribution < 1.29 is 13.6 Å². The van der Waals surface area contributed by atoms with Crippen LogP contribution < -0.4 is 10.6 Å². The Morgan fingerprint density at radius 2 is 1.83 bits per heavy atom. The summed E-state index contributed by atoms with van der Waals surface area (Å²) in [7, 11) is 0. The molecule has 0 unspecified atom stereocenters. The third kappa shape index (κ3) is 4.90. The van der Waals surface area contributed by atoms with Crippen LogP contribution in [0, 0.1) is 11.6 Å². The van der Waals surface area contributed by atoms with Gasteiger partial charge < -0.3 is 10.6 Å². The molecule has 0 aromatic heterocycles. The van der Waals surface area contributed by atoms with Crippen molar-refractivity contribution in [3.8, 4) is 0 Å². The van der Waals surface area contributed by atoms with Crippen LogP contribution in [0.1, 0.15) is 24.1 Å². The molecule has 0 aliphatic carbocycles. The minimum atomic E-state index is -0.575. The number of halogens is 4. The molecule has 2 aromatic rings. The first-order valence-electron chi connectivity index (χ1n) is 7.26. The van der Waals surface area contributed by atoms with E-state index >= 15 is 0 Å². The van der Waals surface area contributed by atoms with Crippen LogP contribution in [0.5, 0.6) is 0 Å². The fourth-order valence-electron chi connectivity index (χ4n) is 2.12. The van der Waals surface area contributed by atoms with E-state index in [9.17, 15) is 13.6 Å². The molecule has 1 amide bonds. The maximum atomic E-state index is 13.5.